The number of amides is 1. The molecule has 2 aromatic heterocycles. The van der Waals surface area contributed by atoms with E-state index in [0.717, 1.165) is 25.2 Å². The highest BCUT2D eigenvalue weighted by atomic mass is 16.7. The fraction of sp³-hybridized carbons (Fsp3) is 0.524. The van der Waals surface area contributed by atoms with Gasteiger partial charge in [-0.05, 0) is 44.7 Å². The van der Waals surface area contributed by atoms with Gasteiger partial charge in [0.1, 0.15) is 11.3 Å². The van der Waals surface area contributed by atoms with Gasteiger partial charge >= 0.3 is 0 Å². The molecule has 5 rings (SSSR count). The molecule has 0 spiro atoms. The van der Waals surface area contributed by atoms with E-state index in [2.05, 4.69) is 35.9 Å². The predicted octanol–water partition coefficient (Wildman–Crippen LogP) is 2.76. The van der Waals surface area contributed by atoms with Crippen molar-refractivity contribution in [2.45, 2.75) is 38.8 Å². The summed E-state index contributed by atoms with van der Waals surface area (Å²) in [6.07, 6.45) is 6.23. The summed E-state index contributed by atoms with van der Waals surface area (Å²) in [4.78, 5) is 29.1. The number of carbonyl (C=O) groups excluding carboxylic acids is 1. The second-order valence-corrected chi connectivity index (χ2v) is 8.81. The van der Waals surface area contributed by atoms with Crippen molar-refractivity contribution in [2.75, 3.05) is 13.1 Å². The van der Waals surface area contributed by atoms with Crippen LogP contribution in [-0.4, -0.2) is 49.7 Å². The van der Waals surface area contributed by atoms with Crippen LogP contribution in [-0.2, 0) is 4.84 Å². The third-order valence-corrected chi connectivity index (χ3v) is 6.27. The fourth-order valence-electron chi connectivity index (χ4n) is 4.64. The maximum Gasteiger partial charge on any atom is 0.274 e. The third-order valence-electron chi connectivity index (χ3n) is 6.27. The van der Waals surface area contributed by atoms with E-state index in [0.29, 0.717) is 23.4 Å². The second kappa shape index (κ2) is 6.15. The molecule has 3 atom stereocenters. The van der Waals surface area contributed by atoms with Gasteiger partial charge in [-0.3, -0.25) is 9.78 Å². The Morgan fingerprint density at radius 2 is 2.04 bits per heavy atom. The lowest BCUT2D eigenvalue weighted by atomic mass is 9.98. The average Bonchev–Trinajstić information content (AvgIpc) is 3.14. The first-order valence-corrected chi connectivity index (χ1v) is 9.91. The Labute approximate surface area is 164 Å². The smallest absolute Gasteiger partial charge is 0.274 e. The summed E-state index contributed by atoms with van der Waals surface area (Å²) in [5.41, 5.74) is 2.45. The summed E-state index contributed by atoms with van der Waals surface area (Å²) in [6, 6.07) is 5.89. The van der Waals surface area contributed by atoms with Crippen molar-refractivity contribution in [1.29, 1.82) is 0 Å². The number of hydrogen-bond donors (Lipinski definition) is 0. The molecule has 7 nitrogen and oxygen atoms in total. The van der Waals surface area contributed by atoms with E-state index in [4.69, 9.17) is 4.84 Å². The number of carbonyl (C=O) groups is 1. The zero-order valence-electron chi connectivity index (χ0n) is 16.4. The molecular weight excluding hydrogens is 354 g/mol. The van der Waals surface area contributed by atoms with Crippen molar-refractivity contribution in [3.05, 3.63) is 48.3 Å². The maximum atomic E-state index is 12.9. The SMILES string of the molecule is C[C@@H](c1ccccn1)n1cnc(C(=O)N2CC3C(C2)C3C2=NOC(C)(C)C2)c1. The molecule has 2 unspecified atom stereocenters. The Morgan fingerprint density at radius 3 is 2.68 bits per heavy atom. The van der Waals surface area contributed by atoms with Crippen LogP contribution in [0.3, 0.4) is 0 Å². The van der Waals surface area contributed by atoms with Gasteiger partial charge in [0.05, 0.1) is 23.8 Å². The molecular formula is C21H25N5O2. The van der Waals surface area contributed by atoms with E-state index < -0.39 is 0 Å². The average molecular weight is 379 g/mol. The summed E-state index contributed by atoms with van der Waals surface area (Å²) >= 11 is 0. The number of likely N-dealkylation sites (tertiary alicyclic amines) is 1. The number of imidazole rings is 1. The minimum absolute atomic E-state index is 0.0165. The molecule has 0 bridgehead atoms. The molecule has 2 aliphatic heterocycles. The van der Waals surface area contributed by atoms with Crippen LogP contribution in [0.25, 0.3) is 0 Å². The lowest BCUT2D eigenvalue weighted by Crippen LogP contribution is -2.33. The predicted molar refractivity (Wildman–Crippen MR) is 104 cm³/mol. The number of fused-ring (bicyclic) bond motifs is 1. The first-order valence-electron chi connectivity index (χ1n) is 9.91. The van der Waals surface area contributed by atoms with Gasteiger partial charge in [-0.1, -0.05) is 11.2 Å². The molecule has 28 heavy (non-hydrogen) atoms. The number of piperidine rings is 1. The summed E-state index contributed by atoms with van der Waals surface area (Å²) in [5, 5.41) is 4.30. The number of rotatable bonds is 4. The molecule has 0 aromatic carbocycles. The van der Waals surface area contributed by atoms with E-state index in [-0.39, 0.29) is 17.6 Å². The molecule has 1 saturated carbocycles. The maximum absolute atomic E-state index is 12.9. The van der Waals surface area contributed by atoms with Crippen LogP contribution in [0.15, 0.2) is 42.1 Å². The largest absolute Gasteiger partial charge is 0.389 e. The zero-order valence-corrected chi connectivity index (χ0v) is 16.4. The monoisotopic (exact) mass is 379 g/mol. The Hall–Kier alpha value is -2.70. The van der Waals surface area contributed by atoms with E-state index in [1.54, 1.807) is 12.5 Å². The lowest BCUT2D eigenvalue weighted by Gasteiger charge is -2.19. The standard InChI is InChI=1S/C21H25N5O2/c1-13(16-6-4-5-7-22-16)26-11-18(23-12-26)20(27)25-9-14-15(10-25)19(14)17-8-21(2,3)28-24-17/h4-7,11-15,19H,8-10H2,1-3H3/t13-,14?,15?,19?/m0/s1. The molecule has 2 fully saturated rings. The highest BCUT2D eigenvalue weighted by Crippen LogP contribution is 2.54. The minimum atomic E-state index is -0.182. The van der Waals surface area contributed by atoms with Crippen molar-refractivity contribution in [1.82, 2.24) is 19.4 Å². The van der Waals surface area contributed by atoms with Gasteiger partial charge in [0.25, 0.3) is 5.91 Å². The number of hydrogen-bond acceptors (Lipinski definition) is 5. The van der Waals surface area contributed by atoms with E-state index in [9.17, 15) is 4.79 Å². The van der Waals surface area contributed by atoms with Crippen LogP contribution in [0.1, 0.15) is 49.4 Å². The highest BCUT2D eigenvalue weighted by molar-refractivity contribution is 5.94. The topological polar surface area (TPSA) is 72.6 Å². The number of aromatic nitrogens is 3. The van der Waals surface area contributed by atoms with Crippen molar-refractivity contribution in [3.63, 3.8) is 0 Å². The van der Waals surface area contributed by atoms with Crippen molar-refractivity contribution in [3.8, 4) is 0 Å². The number of nitrogens with zero attached hydrogens (tertiary/aromatic N) is 5. The quantitative estimate of drug-likeness (QED) is 0.819. The summed E-state index contributed by atoms with van der Waals surface area (Å²) in [7, 11) is 0. The van der Waals surface area contributed by atoms with Crippen molar-refractivity contribution in [2.24, 2.45) is 22.9 Å². The van der Waals surface area contributed by atoms with Crippen LogP contribution in [0.4, 0.5) is 0 Å². The normalized spacial score (nSPS) is 28.5. The molecule has 1 aliphatic carbocycles. The molecule has 3 aliphatic rings. The van der Waals surface area contributed by atoms with Gasteiger partial charge in [0, 0.05) is 37.8 Å². The van der Waals surface area contributed by atoms with Crippen LogP contribution < -0.4 is 0 Å². The van der Waals surface area contributed by atoms with Crippen LogP contribution >= 0.6 is 0 Å². The molecule has 146 valence electrons. The van der Waals surface area contributed by atoms with Gasteiger partial charge in [-0.2, -0.15) is 0 Å². The second-order valence-electron chi connectivity index (χ2n) is 8.81. The van der Waals surface area contributed by atoms with Gasteiger partial charge < -0.3 is 14.3 Å². The summed E-state index contributed by atoms with van der Waals surface area (Å²) < 4.78 is 1.95. The summed E-state index contributed by atoms with van der Waals surface area (Å²) in [5.74, 6) is 1.56. The Kier molecular flexibility index (Phi) is 3.82. The van der Waals surface area contributed by atoms with Crippen LogP contribution in [0.5, 0.6) is 0 Å². The summed E-state index contributed by atoms with van der Waals surface area (Å²) in [6.45, 7) is 7.77. The van der Waals surface area contributed by atoms with Gasteiger partial charge in [0.15, 0.2) is 0 Å². The molecule has 4 heterocycles. The number of pyridine rings is 1. The van der Waals surface area contributed by atoms with Gasteiger partial charge in [0.2, 0.25) is 0 Å². The van der Waals surface area contributed by atoms with Crippen molar-refractivity contribution < 1.29 is 9.63 Å². The molecule has 1 saturated heterocycles. The zero-order chi connectivity index (χ0) is 19.5. The first kappa shape index (κ1) is 17.4. The first-order chi connectivity index (χ1) is 13.4. The minimum Gasteiger partial charge on any atom is -0.389 e. The lowest BCUT2D eigenvalue weighted by molar-refractivity contribution is 0.0123. The fourth-order valence-corrected chi connectivity index (χ4v) is 4.64. The van der Waals surface area contributed by atoms with Gasteiger partial charge in [-0.15, -0.1) is 0 Å². The van der Waals surface area contributed by atoms with Gasteiger partial charge in [-0.25, -0.2) is 4.98 Å². The number of oxime groups is 1. The Morgan fingerprint density at radius 1 is 1.25 bits per heavy atom. The van der Waals surface area contributed by atoms with E-state index >= 15 is 0 Å². The van der Waals surface area contributed by atoms with Crippen LogP contribution in [0.2, 0.25) is 0 Å². The Bertz CT molecular complexity index is 923. The van der Waals surface area contributed by atoms with Crippen molar-refractivity contribution >= 4 is 11.6 Å². The molecule has 7 heteroatoms. The highest BCUT2D eigenvalue weighted by Gasteiger charge is 2.60. The molecule has 2 aromatic rings. The van der Waals surface area contributed by atoms with E-state index in [1.165, 1.54) is 5.71 Å². The van der Waals surface area contributed by atoms with Crippen LogP contribution in [0, 0.1) is 17.8 Å². The molecule has 0 radical (unpaired) electrons. The molecule has 1 amide bonds. The third kappa shape index (κ3) is 2.89. The Balaban J connectivity index is 1.22. The molecule has 0 N–H and O–H groups in total. The van der Waals surface area contributed by atoms with E-state index in [1.807, 2.05) is 33.9 Å².